The summed E-state index contributed by atoms with van der Waals surface area (Å²) in [7, 11) is -3.06. The first-order valence-electron chi connectivity index (χ1n) is 11.5. The summed E-state index contributed by atoms with van der Waals surface area (Å²) >= 11 is 0. The summed E-state index contributed by atoms with van der Waals surface area (Å²) in [6.45, 7) is 0.966. The lowest BCUT2D eigenvalue weighted by molar-refractivity contribution is -0.121. The van der Waals surface area contributed by atoms with Gasteiger partial charge in [0.05, 0.1) is 28.1 Å². The number of carbonyl (C=O) groups is 1. The van der Waals surface area contributed by atoms with Crippen molar-refractivity contribution in [3.63, 3.8) is 0 Å². The zero-order chi connectivity index (χ0) is 23.4. The Bertz CT molecular complexity index is 1630. The van der Waals surface area contributed by atoms with Gasteiger partial charge in [-0.05, 0) is 36.6 Å². The van der Waals surface area contributed by atoms with E-state index in [1.165, 1.54) is 0 Å². The van der Waals surface area contributed by atoms with Gasteiger partial charge in [0.15, 0.2) is 15.7 Å². The molecule has 2 aromatic carbocycles. The number of nitrogens with one attached hydrogen (secondary N) is 1. The van der Waals surface area contributed by atoms with Crippen LogP contribution in [0.2, 0.25) is 0 Å². The van der Waals surface area contributed by atoms with Crippen molar-refractivity contribution in [2.75, 3.05) is 11.5 Å². The molecule has 0 aliphatic carbocycles. The summed E-state index contributed by atoms with van der Waals surface area (Å²) in [5, 5.41) is 4.58. The van der Waals surface area contributed by atoms with Crippen LogP contribution >= 0.6 is 0 Å². The van der Waals surface area contributed by atoms with Crippen molar-refractivity contribution in [2.24, 2.45) is 0 Å². The first-order valence-corrected chi connectivity index (χ1v) is 13.3. The number of carbonyl (C=O) groups excluding carboxylic acids is 1. The largest absolute Gasteiger partial charge is 0.352 e. The van der Waals surface area contributed by atoms with E-state index in [4.69, 9.17) is 4.98 Å². The smallest absolute Gasteiger partial charge is 0.261 e. The van der Waals surface area contributed by atoms with E-state index in [1.807, 2.05) is 36.4 Å². The number of benzene rings is 2. The Hall–Kier alpha value is -3.46. The van der Waals surface area contributed by atoms with Gasteiger partial charge in [0, 0.05) is 36.5 Å². The zero-order valence-corrected chi connectivity index (χ0v) is 19.3. The van der Waals surface area contributed by atoms with Crippen LogP contribution in [-0.4, -0.2) is 46.0 Å². The van der Waals surface area contributed by atoms with Crippen LogP contribution in [0.4, 0.5) is 0 Å². The first kappa shape index (κ1) is 21.1. The lowest BCUT2D eigenvalue weighted by Crippen LogP contribution is -2.36. The van der Waals surface area contributed by atoms with E-state index in [-0.39, 0.29) is 35.4 Å². The van der Waals surface area contributed by atoms with Crippen LogP contribution in [0.3, 0.4) is 0 Å². The molecular weight excluding hydrogens is 452 g/mol. The van der Waals surface area contributed by atoms with E-state index < -0.39 is 9.84 Å². The van der Waals surface area contributed by atoms with Gasteiger partial charge in [0.25, 0.3) is 5.56 Å². The Morgan fingerprint density at radius 2 is 1.85 bits per heavy atom. The number of amides is 1. The van der Waals surface area contributed by atoms with Crippen LogP contribution in [0.25, 0.3) is 33.3 Å². The Balaban J connectivity index is 1.40. The highest BCUT2D eigenvalue weighted by Crippen LogP contribution is 2.36. The molecule has 4 aromatic rings. The van der Waals surface area contributed by atoms with E-state index >= 15 is 0 Å². The maximum atomic E-state index is 13.2. The molecule has 1 atom stereocenters. The number of fused-ring (bicyclic) bond motifs is 6. The summed E-state index contributed by atoms with van der Waals surface area (Å²) in [4.78, 5) is 30.8. The molecule has 1 amide bonds. The number of para-hydroxylation sites is 2. The molecule has 1 unspecified atom stereocenters. The summed E-state index contributed by atoms with van der Waals surface area (Å²) in [6.07, 6.45) is 1.38. The number of nitrogens with zero attached hydrogens (tertiary/aromatic N) is 3. The lowest BCUT2D eigenvalue weighted by atomic mass is 10.0. The van der Waals surface area contributed by atoms with Crippen LogP contribution in [0, 0.1) is 0 Å². The Labute approximate surface area is 196 Å². The highest BCUT2D eigenvalue weighted by molar-refractivity contribution is 7.91. The zero-order valence-electron chi connectivity index (χ0n) is 18.5. The van der Waals surface area contributed by atoms with Gasteiger partial charge in [0.1, 0.15) is 0 Å². The minimum atomic E-state index is -3.06. The number of hydrogen-bond acceptors (Lipinski definition) is 5. The first-order chi connectivity index (χ1) is 16.4. The van der Waals surface area contributed by atoms with E-state index in [0.717, 1.165) is 22.2 Å². The van der Waals surface area contributed by atoms with E-state index in [0.29, 0.717) is 42.7 Å². The quantitative estimate of drug-likeness (QED) is 0.487. The van der Waals surface area contributed by atoms with Crippen molar-refractivity contribution < 1.29 is 13.2 Å². The van der Waals surface area contributed by atoms with Crippen molar-refractivity contribution in [1.82, 2.24) is 19.4 Å². The number of sulfone groups is 1. The van der Waals surface area contributed by atoms with Crippen LogP contribution < -0.4 is 10.9 Å². The van der Waals surface area contributed by atoms with E-state index in [1.54, 1.807) is 10.6 Å². The standard InChI is InChI=1S/C25H24N4O4S/c30-22(26-16-11-14-34(32,33)15-16)10-13-28-21-8-4-2-5-17(21)18-9-12-29-24(23(18)28)27-20-7-3-1-6-19(20)25(29)31/h1-8,16H,9-15H2,(H,26,30). The summed E-state index contributed by atoms with van der Waals surface area (Å²) in [6, 6.07) is 15.1. The summed E-state index contributed by atoms with van der Waals surface area (Å²) in [5.41, 5.74) is 3.62. The molecule has 0 spiro atoms. The molecule has 6 rings (SSSR count). The van der Waals surface area contributed by atoms with Gasteiger partial charge in [-0.2, -0.15) is 0 Å². The second kappa shape index (κ2) is 7.80. The molecule has 1 saturated heterocycles. The van der Waals surface area contributed by atoms with Crippen LogP contribution in [0.1, 0.15) is 18.4 Å². The van der Waals surface area contributed by atoms with E-state index in [9.17, 15) is 18.0 Å². The summed E-state index contributed by atoms with van der Waals surface area (Å²) in [5.74, 6) is 0.587. The molecule has 1 fully saturated rings. The number of aromatic nitrogens is 3. The van der Waals surface area contributed by atoms with Crippen molar-refractivity contribution in [2.45, 2.75) is 38.4 Å². The van der Waals surface area contributed by atoms with Crippen molar-refractivity contribution in [3.8, 4) is 11.5 Å². The molecule has 0 radical (unpaired) electrons. The molecule has 9 heteroatoms. The van der Waals surface area contributed by atoms with Gasteiger partial charge in [-0.15, -0.1) is 0 Å². The van der Waals surface area contributed by atoms with Crippen LogP contribution in [-0.2, 0) is 34.1 Å². The number of hydrogen-bond donors (Lipinski definition) is 1. The molecule has 8 nitrogen and oxygen atoms in total. The number of rotatable bonds is 4. The lowest BCUT2D eigenvalue weighted by Gasteiger charge is -2.21. The van der Waals surface area contributed by atoms with Crippen LogP contribution in [0.15, 0.2) is 53.3 Å². The fraction of sp³-hybridized carbons (Fsp3) is 0.320. The molecule has 34 heavy (non-hydrogen) atoms. The van der Waals surface area contributed by atoms with Gasteiger partial charge < -0.3 is 9.88 Å². The molecule has 0 saturated carbocycles. The normalized spacial score (nSPS) is 18.6. The topological polar surface area (TPSA) is 103 Å². The minimum absolute atomic E-state index is 0.00781. The summed E-state index contributed by atoms with van der Waals surface area (Å²) < 4.78 is 27.3. The minimum Gasteiger partial charge on any atom is -0.352 e. The maximum Gasteiger partial charge on any atom is 0.261 e. The second-order valence-electron chi connectivity index (χ2n) is 9.07. The third-order valence-electron chi connectivity index (χ3n) is 6.89. The molecule has 2 aromatic heterocycles. The van der Waals surface area contributed by atoms with Gasteiger partial charge >= 0.3 is 0 Å². The Kier molecular flexibility index (Phi) is 4.84. The molecule has 2 aliphatic rings. The predicted molar refractivity (Wildman–Crippen MR) is 130 cm³/mol. The Morgan fingerprint density at radius 1 is 1.09 bits per heavy atom. The molecule has 1 N–H and O–H groups in total. The molecule has 0 bridgehead atoms. The van der Waals surface area contributed by atoms with Crippen molar-refractivity contribution in [3.05, 3.63) is 64.4 Å². The van der Waals surface area contributed by atoms with Gasteiger partial charge in [0.2, 0.25) is 5.91 Å². The fourth-order valence-electron chi connectivity index (χ4n) is 5.32. The van der Waals surface area contributed by atoms with Crippen molar-refractivity contribution >= 4 is 37.6 Å². The fourth-order valence-corrected chi connectivity index (χ4v) is 6.99. The predicted octanol–water partition coefficient (Wildman–Crippen LogP) is 2.27. The highest BCUT2D eigenvalue weighted by atomic mass is 32.2. The van der Waals surface area contributed by atoms with Gasteiger partial charge in [-0.1, -0.05) is 30.3 Å². The molecule has 4 heterocycles. The Morgan fingerprint density at radius 3 is 2.65 bits per heavy atom. The van der Waals surface area contributed by atoms with Gasteiger partial charge in [-0.3, -0.25) is 14.2 Å². The highest BCUT2D eigenvalue weighted by Gasteiger charge is 2.30. The SMILES string of the molecule is O=C(CCn1c2c(c3ccccc31)CCn1c-2nc2ccccc2c1=O)NC1CCS(=O)(=O)C1. The third-order valence-corrected chi connectivity index (χ3v) is 8.66. The monoisotopic (exact) mass is 476 g/mol. The second-order valence-corrected chi connectivity index (χ2v) is 11.3. The third kappa shape index (κ3) is 3.42. The van der Waals surface area contributed by atoms with Crippen molar-refractivity contribution in [1.29, 1.82) is 0 Å². The molecule has 2 aliphatic heterocycles. The average Bonchev–Trinajstić information content (AvgIpc) is 3.34. The van der Waals surface area contributed by atoms with E-state index in [2.05, 4.69) is 16.0 Å². The van der Waals surface area contributed by atoms with Gasteiger partial charge in [-0.25, -0.2) is 13.4 Å². The average molecular weight is 477 g/mol. The van der Waals surface area contributed by atoms with Crippen LogP contribution in [0.5, 0.6) is 0 Å². The maximum absolute atomic E-state index is 13.2. The number of aryl methyl sites for hydroxylation is 2. The molecule has 174 valence electrons. The molecular formula is C25H24N4O4S.